The minimum Gasteiger partial charge on any atom is -0.420 e. The third-order valence-electron chi connectivity index (χ3n) is 3.07. The Kier molecular flexibility index (Phi) is 4.45. The first-order chi connectivity index (χ1) is 10.1. The van der Waals surface area contributed by atoms with E-state index in [2.05, 4.69) is 4.98 Å². The summed E-state index contributed by atoms with van der Waals surface area (Å²) in [5.74, 6) is -0.482. The molecule has 0 aliphatic carbocycles. The normalized spacial score (nSPS) is 10.2. The molecule has 0 amide bonds. The highest BCUT2D eigenvalue weighted by molar-refractivity contribution is 5.93. The van der Waals surface area contributed by atoms with Crippen LogP contribution in [0.2, 0.25) is 0 Å². The van der Waals surface area contributed by atoms with Crippen molar-refractivity contribution < 1.29 is 19.4 Å². The van der Waals surface area contributed by atoms with Crippen LogP contribution in [0.15, 0.2) is 30.5 Å². The van der Waals surface area contributed by atoms with E-state index >= 15 is 0 Å². The summed E-state index contributed by atoms with van der Waals surface area (Å²) in [5, 5.41) is 9.21. The van der Waals surface area contributed by atoms with Crippen LogP contribution in [-0.2, 0) is 6.61 Å². The van der Waals surface area contributed by atoms with Crippen molar-refractivity contribution in [3.05, 3.63) is 58.4 Å². The van der Waals surface area contributed by atoms with E-state index in [0.717, 1.165) is 5.56 Å². The van der Waals surface area contributed by atoms with Crippen LogP contribution in [0.1, 0.15) is 37.5 Å². The predicted molar refractivity (Wildman–Crippen MR) is 76.4 cm³/mol. The van der Waals surface area contributed by atoms with Gasteiger partial charge in [-0.2, -0.15) is 0 Å². The van der Waals surface area contributed by atoms with Gasteiger partial charge in [0.15, 0.2) is 12.0 Å². The van der Waals surface area contributed by atoms with Gasteiger partial charge in [-0.1, -0.05) is 17.7 Å². The number of esters is 1. The molecular weight excluding hydrogens is 270 g/mol. The number of aldehydes is 1. The Morgan fingerprint density at radius 3 is 2.76 bits per heavy atom. The number of nitrogens with zero attached hydrogens (tertiary/aromatic N) is 1. The number of aliphatic hydroxyl groups excluding tert-OH is 1. The molecule has 0 aliphatic rings. The van der Waals surface area contributed by atoms with Crippen molar-refractivity contribution in [2.24, 2.45) is 0 Å². The average molecular weight is 285 g/mol. The highest BCUT2D eigenvalue weighted by Crippen LogP contribution is 2.25. The quantitative estimate of drug-likeness (QED) is 0.688. The van der Waals surface area contributed by atoms with Crippen molar-refractivity contribution in [1.29, 1.82) is 0 Å². The molecule has 0 radical (unpaired) electrons. The van der Waals surface area contributed by atoms with E-state index in [4.69, 9.17) is 4.74 Å². The maximum absolute atomic E-state index is 12.2. The SMILES string of the molecule is Cc1cccc(C(=O)Oc2c(C)ncc(CO)c2C=O)c1. The molecule has 0 unspecified atom stereocenters. The lowest BCUT2D eigenvalue weighted by atomic mass is 10.1. The number of hydrogen-bond donors (Lipinski definition) is 1. The molecule has 0 saturated heterocycles. The number of aromatic nitrogens is 1. The lowest BCUT2D eigenvalue weighted by Gasteiger charge is -2.11. The molecule has 1 heterocycles. The molecule has 0 saturated carbocycles. The van der Waals surface area contributed by atoms with Crippen LogP contribution in [0.4, 0.5) is 0 Å². The largest absolute Gasteiger partial charge is 0.420 e. The van der Waals surface area contributed by atoms with Crippen LogP contribution in [0.5, 0.6) is 5.75 Å². The van der Waals surface area contributed by atoms with Crippen molar-refractivity contribution in [3.8, 4) is 5.75 Å². The molecule has 1 aromatic carbocycles. The summed E-state index contributed by atoms with van der Waals surface area (Å²) in [7, 11) is 0. The monoisotopic (exact) mass is 285 g/mol. The fourth-order valence-electron chi connectivity index (χ4n) is 1.95. The Labute approximate surface area is 122 Å². The Bertz CT molecular complexity index is 695. The summed E-state index contributed by atoms with van der Waals surface area (Å²) in [6.07, 6.45) is 1.95. The lowest BCUT2D eigenvalue weighted by Crippen LogP contribution is -2.12. The van der Waals surface area contributed by atoms with Gasteiger partial charge in [-0.3, -0.25) is 9.78 Å². The highest BCUT2D eigenvalue weighted by Gasteiger charge is 2.17. The van der Waals surface area contributed by atoms with Gasteiger partial charge in [-0.05, 0) is 26.0 Å². The summed E-state index contributed by atoms with van der Waals surface area (Å²) < 4.78 is 5.31. The fourth-order valence-corrected chi connectivity index (χ4v) is 1.95. The smallest absolute Gasteiger partial charge is 0.343 e. The number of rotatable bonds is 4. The molecular formula is C16H15NO4. The number of benzene rings is 1. The second-order valence-corrected chi connectivity index (χ2v) is 4.65. The highest BCUT2D eigenvalue weighted by atomic mass is 16.5. The first kappa shape index (κ1) is 14.9. The van der Waals surface area contributed by atoms with Gasteiger partial charge in [0.1, 0.15) is 0 Å². The maximum Gasteiger partial charge on any atom is 0.343 e. The summed E-state index contributed by atoms with van der Waals surface area (Å²) >= 11 is 0. The topological polar surface area (TPSA) is 76.5 Å². The number of aryl methyl sites for hydroxylation is 2. The summed E-state index contributed by atoms with van der Waals surface area (Å²) in [6, 6.07) is 6.95. The molecule has 0 spiro atoms. The van der Waals surface area contributed by atoms with Crippen LogP contribution in [0.25, 0.3) is 0 Å². The Morgan fingerprint density at radius 2 is 2.14 bits per heavy atom. The molecule has 0 aliphatic heterocycles. The maximum atomic E-state index is 12.2. The van der Waals surface area contributed by atoms with Gasteiger partial charge in [-0.15, -0.1) is 0 Å². The molecule has 1 aromatic heterocycles. The molecule has 108 valence electrons. The van der Waals surface area contributed by atoms with Gasteiger partial charge in [-0.25, -0.2) is 4.79 Å². The van der Waals surface area contributed by atoms with Gasteiger partial charge in [0.2, 0.25) is 0 Å². The molecule has 0 bridgehead atoms. The molecule has 0 atom stereocenters. The zero-order valence-electron chi connectivity index (χ0n) is 11.8. The zero-order chi connectivity index (χ0) is 15.4. The zero-order valence-corrected chi connectivity index (χ0v) is 11.8. The number of aliphatic hydroxyl groups is 1. The molecule has 2 rings (SSSR count). The molecule has 2 aromatic rings. The van der Waals surface area contributed by atoms with E-state index in [1.807, 2.05) is 13.0 Å². The second-order valence-electron chi connectivity index (χ2n) is 4.65. The Balaban J connectivity index is 2.39. The summed E-state index contributed by atoms with van der Waals surface area (Å²) in [6.45, 7) is 3.15. The lowest BCUT2D eigenvalue weighted by molar-refractivity contribution is 0.0731. The predicted octanol–water partition coefficient (Wildman–Crippen LogP) is 2.22. The molecule has 0 fully saturated rings. The number of ether oxygens (including phenoxy) is 1. The van der Waals surface area contributed by atoms with E-state index in [-0.39, 0.29) is 17.9 Å². The number of hydrogen-bond acceptors (Lipinski definition) is 5. The van der Waals surface area contributed by atoms with Crippen molar-refractivity contribution in [2.45, 2.75) is 20.5 Å². The second kappa shape index (κ2) is 6.28. The van der Waals surface area contributed by atoms with E-state index in [1.54, 1.807) is 25.1 Å². The third kappa shape index (κ3) is 3.14. The Morgan fingerprint density at radius 1 is 1.38 bits per heavy atom. The van der Waals surface area contributed by atoms with Crippen molar-refractivity contribution in [3.63, 3.8) is 0 Å². The Hall–Kier alpha value is -2.53. The number of carbonyl (C=O) groups is 2. The summed E-state index contributed by atoms with van der Waals surface area (Å²) in [4.78, 5) is 27.4. The standard InChI is InChI=1S/C16H15NO4/c1-10-4-3-5-12(6-10)16(20)21-15-11(2)17-7-13(8-18)14(15)9-19/h3-7,9,18H,8H2,1-2H3. The number of carbonyl (C=O) groups excluding carboxylic acids is 2. The molecule has 21 heavy (non-hydrogen) atoms. The first-order valence-electron chi connectivity index (χ1n) is 6.40. The van der Waals surface area contributed by atoms with Gasteiger partial charge in [0.05, 0.1) is 23.4 Å². The minimum absolute atomic E-state index is 0.0862. The molecule has 5 nitrogen and oxygen atoms in total. The van der Waals surface area contributed by atoms with Crippen LogP contribution in [0, 0.1) is 13.8 Å². The van der Waals surface area contributed by atoms with Crippen molar-refractivity contribution in [1.82, 2.24) is 4.98 Å². The van der Waals surface area contributed by atoms with Crippen molar-refractivity contribution >= 4 is 12.3 Å². The third-order valence-corrected chi connectivity index (χ3v) is 3.07. The van der Waals surface area contributed by atoms with Gasteiger partial charge in [0.25, 0.3) is 0 Å². The van der Waals surface area contributed by atoms with Crippen molar-refractivity contribution in [2.75, 3.05) is 0 Å². The van der Waals surface area contributed by atoms with Crippen LogP contribution in [-0.4, -0.2) is 22.3 Å². The fraction of sp³-hybridized carbons (Fsp3) is 0.188. The van der Waals surface area contributed by atoms with Crippen LogP contribution >= 0.6 is 0 Å². The van der Waals surface area contributed by atoms with Crippen LogP contribution < -0.4 is 4.74 Å². The summed E-state index contributed by atoms with van der Waals surface area (Å²) in [5.41, 5.74) is 2.20. The van der Waals surface area contributed by atoms with Crippen LogP contribution in [0.3, 0.4) is 0 Å². The minimum atomic E-state index is -0.568. The number of pyridine rings is 1. The first-order valence-corrected chi connectivity index (χ1v) is 6.40. The average Bonchev–Trinajstić information content (AvgIpc) is 2.49. The molecule has 1 N–H and O–H groups in total. The molecule has 5 heteroatoms. The van der Waals surface area contributed by atoms with E-state index < -0.39 is 5.97 Å². The van der Waals surface area contributed by atoms with E-state index in [1.165, 1.54) is 6.20 Å². The van der Waals surface area contributed by atoms with Gasteiger partial charge < -0.3 is 9.84 Å². The van der Waals surface area contributed by atoms with E-state index in [0.29, 0.717) is 23.1 Å². The van der Waals surface area contributed by atoms with Gasteiger partial charge >= 0.3 is 5.97 Å². The van der Waals surface area contributed by atoms with Gasteiger partial charge in [0, 0.05) is 11.8 Å². The van der Waals surface area contributed by atoms with E-state index in [9.17, 15) is 14.7 Å².